The van der Waals surface area contributed by atoms with Gasteiger partial charge in [0.2, 0.25) is 6.29 Å². The lowest BCUT2D eigenvalue weighted by Gasteiger charge is -2.40. The number of hydrogen-bond donors (Lipinski definition) is 5. The largest absolute Gasteiger partial charge is 0.462 e. The van der Waals surface area contributed by atoms with Crippen molar-refractivity contribution in [2.24, 2.45) is 0 Å². The van der Waals surface area contributed by atoms with Crippen molar-refractivity contribution in [3.05, 3.63) is 29.3 Å². The van der Waals surface area contributed by atoms with Crippen molar-refractivity contribution in [2.75, 3.05) is 6.16 Å². The van der Waals surface area contributed by atoms with Crippen LogP contribution in [0.1, 0.15) is 17.5 Å². The highest BCUT2D eigenvalue weighted by Crippen LogP contribution is 2.38. The molecule has 0 aromatic heterocycles. The van der Waals surface area contributed by atoms with Gasteiger partial charge in [-0.3, -0.25) is 4.57 Å². The molecule has 27 heavy (non-hydrogen) atoms. The maximum Gasteiger partial charge on any atom is 0.416 e. The first-order chi connectivity index (χ1) is 12.3. The predicted molar refractivity (Wildman–Crippen MR) is 85.0 cm³/mol. The molecule has 154 valence electrons. The van der Waals surface area contributed by atoms with E-state index in [1.165, 1.54) is 6.92 Å². The van der Waals surface area contributed by atoms with Crippen LogP contribution in [0.15, 0.2) is 18.2 Å². The Bertz CT molecular complexity index is 707. The van der Waals surface area contributed by atoms with Crippen LogP contribution in [0.25, 0.3) is 0 Å². The van der Waals surface area contributed by atoms with E-state index in [9.17, 15) is 33.1 Å². The van der Waals surface area contributed by atoms with E-state index >= 15 is 0 Å². The summed E-state index contributed by atoms with van der Waals surface area (Å²) in [4.78, 5) is 17.8. The maximum absolute atomic E-state index is 12.7. The average molecular weight is 416 g/mol. The Hall–Kier alpha value is -1.20. The third-order valence-corrected chi connectivity index (χ3v) is 4.96. The SMILES string of the molecule is Cc1cc(C(F)(F)F)ccc1O[C@H]1O[C@H](CCP(=O)(O)O)[C@@H](O)[C@H](O)[C@@H]1O. The second kappa shape index (κ2) is 8.04. The zero-order chi connectivity index (χ0) is 20.6. The van der Waals surface area contributed by atoms with E-state index in [0.717, 1.165) is 18.2 Å². The molecule has 1 aliphatic heterocycles. The summed E-state index contributed by atoms with van der Waals surface area (Å²) >= 11 is 0. The molecular formula is C15H20F3O8P. The summed E-state index contributed by atoms with van der Waals surface area (Å²) in [5.41, 5.74) is -0.805. The van der Waals surface area contributed by atoms with Gasteiger partial charge in [0.1, 0.15) is 24.1 Å². The Balaban J connectivity index is 2.15. The summed E-state index contributed by atoms with van der Waals surface area (Å²) in [5.74, 6) is -0.0515. The third-order valence-electron chi connectivity index (χ3n) is 4.12. The van der Waals surface area contributed by atoms with Gasteiger partial charge in [-0.15, -0.1) is 0 Å². The zero-order valence-electron chi connectivity index (χ0n) is 14.1. The molecule has 1 aromatic rings. The van der Waals surface area contributed by atoms with Gasteiger partial charge in [-0.1, -0.05) is 0 Å². The summed E-state index contributed by atoms with van der Waals surface area (Å²) in [7, 11) is -4.39. The van der Waals surface area contributed by atoms with Crippen LogP contribution in [0.2, 0.25) is 0 Å². The first-order valence-corrected chi connectivity index (χ1v) is 9.68. The van der Waals surface area contributed by atoms with E-state index < -0.39 is 56.2 Å². The van der Waals surface area contributed by atoms with Crippen LogP contribution in [0.4, 0.5) is 13.2 Å². The molecule has 1 saturated heterocycles. The van der Waals surface area contributed by atoms with Crippen LogP contribution >= 0.6 is 7.60 Å². The maximum atomic E-state index is 12.7. The van der Waals surface area contributed by atoms with Gasteiger partial charge in [-0.05, 0) is 37.1 Å². The summed E-state index contributed by atoms with van der Waals surface area (Å²) in [6.45, 7) is 1.34. The average Bonchev–Trinajstić information content (AvgIpc) is 2.54. The Morgan fingerprint density at radius 1 is 1.15 bits per heavy atom. The second-order valence-corrected chi connectivity index (χ2v) is 8.06. The molecule has 0 bridgehead atoms. The molecule has 8 nitrogen and oxygen atoms in total. The number of ether oxygens (including phenoxy) is 2. The van der Waals surface area contributed by atoms with E-state index in [-0.39, 0.29) is 17.7 Å². The minimum absolute atomic E-state index is 0.0515. The van der Waals surface area contributed by atoms with Crippen molar-refractivity contribution in [1.29, 1.82) is 0 Å². The molecule has 2 rings (SSSR count). The molecule has 0 unspecified atom stereocenters. The van der Waals surface area contributed by atoms with Crippen molar-refractivity contribution in [2.45, 2.75) is 50.2 Å². The highest BCUT2D eigenvalue weighted by molar-refractivity contribution is 7.51. The topological polar surface area (TPSA) is 137 Å². The number of hydrogen-bond acceptors (Lipinski definition) is 6. The molecule has 12 heteroatoms. The summed E-state index contributed by atoms with van der Waals surface area (Å²) in [6.07, 6.45) is -13.4. The first-order valence-electron chi connectivity index (χ1n) is 7.88. The van der Waals surface area contributed by atoms with E-state index in [2.05, 4.69) is 0 Å². The van der Waals surface area contributed by atoms with Gasteiger partial charge < -0.3 is 34.6 Å². The minimum atomic E-state index is -4.54. The molecule has 5 N–H and O–H groups in total. The monoisotopic (exact) mass is 416 g/mol. The molecule has 0 saturated carbocycles. The number of benzene rings is 1. The molecule has 0 aliphatic carbocycles. The van der Waals surface area contributed by atoms with E-state index in [1.807, 2.05) is 0 Å². The molecular weight excluding hydrogens is 396 g/mol. The van der Waals surface area contributed by atoms with Crippen LogP contribution in [0.5, 0.6) is 5.75 Å². The summed E-state index contributed by atoms with van der Waals surface area (Å²) in [5, 5.41) is 29.8. The van der Waals surface area contributed by atoms with E-state index in [1.54, 1.807) is 0 Å². The molecule has 5 atom stereocenters. The Morgan fingerprint density at radius 3 is 2.30 bits per heavy atom. The first kappa shape index (κ1) is 22.1. The number of rotatable bonds is 5. The highest BCUT2D eigenvalue weighted by Gasteiger charge is 2.45. The predicted octanol–water partition coefficient (Wildman–Crippen LogP) is 0.768. The number of aliphatic hydroxyl groups is 3. The van der Waals surface area contributed by atoms with Crippen LogP contribution in [0.3, 0.4) is 0 Å². The van der Waals surface area contributed by atoms with E-state index in [4.69, 9.17) is 19.3 Å². The highest BCUT2D eigenvalue weighted by atomic mass is 31.2. The van der Waals surface area contributed by atoms with Crippen LogP contribution < -0.4 is 4.74 Å². The standard InChI is InChI=1S/C15H20F3O8P/c1-7-6-8(15(16,17)18)2-3-9(7)25-14-13(21)12(20)11(19)10(26-14)4-5-27(22,23)24/h2-3,6,10-14,19-21H,4-5H2,1H3,(H2,22,23,24)/t10-,11-,12+,13+,14+/m1/s1. The molecule has 1 aromatic carbocycles. The summed E-state index contributed by atoms with van der Waals surface area (Å²) in [6, 6.07) is 2.63. The number of alkyl halides is 3. The lowest BCUT2D eigenvalue weighted by Crippen LogP contribution is -2.59. The lowest BCUT2D eigenvalue weighted by atomic mass is 9.97. The van der Waals surface area contributed by atoms with Gasteiger partial charge in [0, 0.05) is 0 Å². The quantitative estimate of drug-likeness (QED) is 0.444. The molecule has 0 spiro atoms. The lowest BCUT2D eigenvalue weighted by molar-refractivity contribution is -0.272. The van der Waals surface area contributed by atoms with Crippen LogP contribution in [0, 0.1) is 6.92 Å². The molecule has 1 aliphatic rings. The molecule has 1 heterocycles. The van der Waals surface area contributed by atoms with E-state index in [0.29, 0.717) is 0 Å². The number of aliphatic hydroxyl groups excluding tert-OH is 3. The van der Waals surface area contributed by atoms with Gasteiger partial charge in [0.15, 0.2) is 0 Å². The smallest absolute Gasteiger partial charge is 0.416 e. The normalized spacial score (nSPS) is 29.6. The second-order valence-electron chi connectivity index (χ2n) is 6.29. The van der Waals surface area contributed by atoms with Gasteiger partial charge >= 0.3 is 13.8 Å². The number of aryl methyl sites for hydroxylation is 1. The van der Waals surface area contributed by atoms with Gasteiger partial charge in [0.25, 0.3) is 0 Å². The number of halogens is 3. The Kier molecular flexibility index (Phi) is 6.58. The molecule has 1 fully saturated rings. The fourth-order valence-corrected chi connectivity index (χ4v) is 3.22. The fraction of sp³-hybridized carbons (Fsp3) is 0.600. The third kappa shape index (κ3) is 5.64. The van der Waals surface area contributed by atoms with Crippen LogP contribution in [-0.4, -0.2) is 62.0 Å². The summed E-state index contributed by atoms with van der Waals surface area (Å²) < 4.78 is 59.8. The van der Waals surface area contributed by atoms with Crippen LogP contribution in [-0.2, 0) is 15.5 Å². The van der Waals surface area contributed by atoms with Gasteiger partial charge in [0.05, 0.1) is 17.8 Å². The van der Waals surface area contributed by atoms with Crippen molar-refractivity contribution in [1.82, 2.24) is 0 Å². The molecule has 0 radical (unpaired) electrons. The fourth-order valence-electron chi connectivity index (χ4n) is 2.63. The van der Waals surface area contributed by atoms with Crippen molar-refractivity contribution < 1.29 is 52.3 Å². The van der Waals surface area contributed by atoms with Crippen molar-refractivity contribution in [3.63, 3.8) is 0 Å². The zero-order valence-corrected chi connectivity index (χ0v) is 15.0. The van der Waals surface area contributed by atoms with Gasteiger partial charge in [-0.25, -0.2) is 0 Å². The van der Waals surface area contributed by atoms with Gasteiger partial charge in [-0.2, -0.15) is 13.2 Å². The Morgan fingerprint density at radius 2 is 1.78 bits per heavy atom. The Labute approximate surface area is 152 Å². The minimum Gasteiger partial charge on any atom is -0.462 e. The van der Waals surface area contributed by atoms with Crippen molar-refractivity contribution >= 4 is 7.60 Å². The molecule has 0 amide bonds. The van der Waals surface area contributed by atoms with Crippen molar-refractivity contribution in [3.8, 4) is 5.75 Å².